The Morgan fingerprint density at radius 2 is 1.81 bits per heavy atom. The van der Waals surface area contributed by atoms with E-state index in [0.717, 1.165) is 24.4 Å². The first-order valence-electron chi connectivity index (χ1n) is 9.32. The van der Waals surface area contributed by atoms with Crippen LogP contribution in [-0.2, 0) is 4.74 Å². The lowest BCUT2D eigenvalue weighted by molar-refractivity contribution is 0.0235. The molecule has 3 fully saturated rings. The maximum atomic E-state index is 6.25. The van der Waals surface area contributed by atoms with Gasteiger partial charge in [0.15, 0.2) is 0 Å². The van der Waals surface area contributed by atoms with Gasteiger partial charge in [-0.05, 0) is 69.9 Å². The highest BCUT2D eigenvalue weighted by molar-refractivity contribution is 4.85. The average molecular weight is 294 g/mol. The van der Waals surface area contributed by atoms with E-state index >= 15 is 0 Å². The maximum absolute atomic E-state index is 6.25. The minimum Gasteiger partial charge on any atom is -0.372 e. The molecule has 3 aliphatic rings. The molecular formula is C18H34N2O. The number of rotatable bonds is 6. The van der Waals surface area contributed by atoms with Crippen LogP contribution in [0, 0.1) is 11.8 Å². The van der Waals surface area contributed by atoms with Gasteiger partial charge in [-0.2, -0.15) is 0 Å². The quantitative estimate of drug-likeness (QED) is 0.815. The molecule has 3 heteroatoms. The van der Waals surface area contributed by atoms with Crippen LogP contribution in [0.5, 0.6) is 0 Å². The van der Waals surface area contributed by atoms with Crippen molar-refractivity contribution in [2.75, 3.05) is 26.2 Å². The molecule has 0 aromatic carbocycles. The molecule has 3 unspecified atom stereocenters. The molecule has 1 aliphatic carbocycles. The Morgan fingerprint density at radius 3 is 2.57 bits per heavy atom. The van der Waals surface area contributed by atoms with Crippen molar-refractivity contribution in [1.29, 1.82) is 0 Å². The van der Waals surface area contributed by atoms with Crippen LogP contribution in [0.1, 0.15) is 58.8 Å². The molecule has 0 spiro atoms. The van der Waals surface area contributed by atoms with E-state index in [1.165, 1.54) is 64.6 Å². The lowest BCUT2D eigenvalue weighted by Crippen LogP contribution is -2.35. The molecule has 21 heavy (non-hydrogen) atoms. The Balaban J connectivity index is 1.36. The summed E-state index contributed by atoms with van der Waals surface area (Å²) in [6.45, 7) is 9.60. The van der Waals surface area contributed by atoms with Crippen LogP contribution < -0.4 is 5.32 Å². The van der Waals surface area contributed by atoms with Crippen molar-refractivity contribution in [3.8, 4) is 0 Å². The predicted molar refractivity (Wildman–Crippen MR) is 87.5 cm³/mol. The van der Waals surface area contributed by atoms with E-state index in [1.807, 2.05) is 0 Å². The van der Waals surface area contributed by atoms with Gasteiger partial charge in [-0.1, -0.05) is 13.8 Å². The van der Waals surface area contributed by atoms with Gasteiger partial charge in [0, 0.05) is 19.1 Å². The molecule has 0 bridgehead atoms. The van der Waals surface area contributed by atoms with Gasteiger partial charge in [0.25, 0.3) is 0 Å². The molecule has 0 amide bonds. The Kier molecular flexibility index (Phi) is 5.58. The Morgan fingerprint density at radius 1 is 1.00 bits per heavy atom. The summed E-state index contributed by atoms with van der Waals surface area (Å²) in [7, 11) is 0. The molecule has 2 aliphatic heterocycles. The van der Waals surface area contributed by atoms with Gasteiger partial charge < -0.3 is 15.0 Å². The summed E-state index contributed by atoms with van der Waals surface area (Å²) in [5.41, 5.74) is 0. The van der Waals surface area contributed by atoms with Crippen molar-refractivity contribution < 1.29 is 4.74 Å². The van der Waals surface area contributed by atoms with Gasteiger partial charge in [-0.25, -0.2) is 0 Å². The Bertz CT molecular complexity index is 316. The van der Waals surface area contributed by atoms with Crippen LogP contribution in [0.3, 0.4) is 0 Å². The second kappa shape index (κ2) is 7.43. The van der Waals surface area contributed by atoms with Gasteiger partial charge in [-0.15, -0.1) is 0 Å². The fourth-order valence-electron chi connectivity index (χ4n) is 3.97. The van der Waals surface area contributed by atoms with Crippen LogP contribution in [-0.4, -0.2) is 49.3 Å². The molecule has 0 aromatic rings. The largest absolute Gasteiger partial charge is 0.372 e. The molecule has 122 valence electrons. The maximum Gasteiger partial charge on any atom is 0.0707 e. The second-order valence-corrected chi connectivity index (χ2v) is 7.88. The smallest absolute Gasteiger partial charge is 0.0707 e. The zero-order chi connectivity index (χ0) is 14.7. The van der Waals surface area contributed by atoms with Gasteiger partial charge in [0.1, 0.15) is 0 Å². The monoisotopic (exact) mass is 294 g/mol. The summed E-state index contributed by atoms with van der Waals surface area (Å²) in [4.78, 5) is 2.67. The second-order valence-electron chi connectivity index (χ2n) is 7.88. The first-order chi connectivity index (χ1) is 10.2. The average Bonchev–Trinajstić information content (AvgIpc) is 3.22. The molecule has 0 aromatic heterocycles. The zero-order valence-electron chi connectivity index (χ0n) is 14.0. The third-order valence-electron chi connectivity index (χ3n) is 5.68. The summed E-state index contributed by atoms with van der Waals surface area (Å²) >= 11 is 0. The van der Waals surface area contributed by atoms with Gasteiger partial charge >= 0.3 is 0 Å². The summed E-state index contributed by atoms with van der Waals surface area (Å²) in [5, 5.41) is 3.61. The van der Waals surface area contributed by atoms with Gasteiger partial charge in [0.05, 0.1) is 12.2 Å². The minimum absolute atomic E-state index is 0.478. The summed E-state index contributed by atoms with van der Waals surface area (Å²) < 4.78 is 6.25. The molecule has 2 heterocycles. The number of nitrogens with zero attached hydrogens (tertiary/aromatic N) is 1. The van der Waals surface area contributed by atoms with E-state index in [-0.39, 0.29) is 0 Å². The van der Waals surface area contributed by atoms with Crippen molar-refractivity contribution in [3.05, 3.63) is 0 Å². The lowest BCUT2D eigenvalue weighted by Gasteiger charge is -2.24. The fraction of sp³-hybridized carbons (Fsp3) is 1.00. The van der Waals surface area contributed by atoms with Crippen LogP contribution in [0.2, 0.25) is 0 Å². The minimum atomic E-state index is 0.478. The Labute approximate surface area is 130 Å². The summed E-state index contributed by atoms with van der Waals surface area (Å²) in [6, 6.07) is 0.811. The molecule has 1 N–H and O–H groups in total. The van der Waals surface area contributed by atoms with Crippen molar-refractivity contribution in [2.24, 2.45) is 11.8 Å². The van der Waals surface area contributed by atoms with E-state index in [1.54, 1.807) is 0 Å². The molecule has 0 radical (unpaired) electrons. The Hall–Kier alpha value is -0.120. The number of ether oxygens (including phenoxy) is 1. The molecule has 3 rings (SSSR count). The SMILES string of the molecule is CC(C)C1CCCN(CC2CCC(CNC3CC3)O2)CC1. The van der Waals surface area contributed by atoms with Gasteiger partial charge in [0.2, 0.25) is 0 Å². The van der Waals surface area contributed by atoms with E-state index in [0.29, 0.717) is 12.2 Å². The number of hydrogen-bond donors (Lipinski definition) is 1. The number of nitrogens with one attached hydrogen (secondary N) is 1. The third-order valence-corrected chi connectivity index (χ3v) is 5.68. The summed E-state index contributed by atoms with van der Waals surface area (Å²) in [6.07, 6.45) is 10.4. The lowest BCUT2D eigenvalue weighted by atomic mass is 9.89. The van der Waals surface area contributed by atoms with Crippen molar-refractivity contribution >= 4 is 0 Å². The van der Waals surface area contributed by atoms with E-state index in [9.17, 15) is 0 Å². The highest BCUT2D eigenvalue weighted by atomic mass is 16.5. The molecule has 3 nitrogen and oxygen atoms in total. The van der Waals surface area contributed by atoms with Gasteiger partial charge in [-0.3, -0.25) is 0 Å². The topological polar surface area (TPSA) is 24.5 Å². The molecule has 3 atom stereocenters. The van der Waals surface area contributed by atoms with Crippen molar-refractivity contribution in [1.82, 2.24) is 10.2 Å². The van der Waals surface area contributed by atoms with E-state index < -0.39 is 0 Å². The zero-order valence-corrected chi connectivity index (χ0v) is 14.0. The first kappa shape index (κ1) is 15.8. The van der Waals surface area contributed by atoms with Crippen LogP contribution in [0.15, 0.2) is 0 Å². The van der Waals surface area contributed by atoms with Crippen LogP contribution in [0.4, 0.5) is 0 Å². The van der Waals surface area contributed by atoms with Crippen molar-refractivity contribution in [2.45, 2.75) is 77.0 Å². The highest BCUT2D eigenvalue weighted by Crippen LogP contribution is 2.27. The van der Waals surface area contributed by atoms with Crippen LogP contribution >= 0.6 is 0 Å². The number of hydrogen-bond acceptors (Lipinski definition) is 3. The van der Waals surface area contributed by atoms with Crippen LogP contribution in [0.25, 0.3) is 0 Å². The standard InChI is InChI=1S/C18H34N2O/c1-14(2)15-4-3-10-20(11-9-15)13-18-8-7-17(21-18)12-19-16-5-6-16/h14-19H,3-13H2,1-2H3. The number of likely N-dealkylation sites (tertiary alicyclic amines) is 1. The molecule has 2 saturated heterocycles. The predicted octanol–water partition coefficient (Wildman–Crippen LogP) is 3.04. The fourth-order valence-corrected chi connectivity index (χ4v) is 3.97. The first-order valence-corrected chi connectivity index (χ1v) is 9.32. The third kappa shape index (κ3) is 4.94. The normalized spacial score (nSPS) is 35.3. The molecular weight excluding hydrogens is 260 g/mol. The van der Waals surface area contributed by atoms with E-state index in [2.05, 4.69) is 24.1 Å². The van der Waals surface area contributed by atoms with E-state index in [4.69, 9.17) is 4.74 Å². The van der Waals surface area contributed by atoms with Crippen molar-refractivity contribution in [3.63, 3.8) is 0 Å². The highest BCUT2D eigenvalue weighted by Gasteiger charge is 2.29. The molecule has 1 saturated carbocycles. The summed E-state index contributed by atoms with van der Waals surface area (Å²) in [5.74, 6) is 1.79.